The van der Waals surface area contributed by atoms with Crippen molar-refractivity contribution in [2.24, 2.45) is 5.92 Å². The van der Waals surface area contributed by atoms with E-state index < -0.39 is 0 Å². The second-order valence-corrected chi connectivity index (χ2v) is 6.15. The summed E-state index contributed by atoms with van der Waals surface area (Å²) in [5.74, 6) is 0.726. The highest BCUT2D eigenvalue weighted by Crippen LogP contribution is 2.43. The van der Waals surface area contributed by atoms with Crippen LogP contribution in [0.15, 0.2) is 18.3 Å². The summed E-state index contributed by atoms with van der Waals surface area (Å²) in [4.78, 5) is 4.46. The number of nitrogens with one attached hydrogen (secondary N) is 1. The Morgan fingerprint density at radius 2 is 2.30 bits per heavy atom. The molecule has 1 aromatic heterocycles. The first-order valence-corrected chi connectivity index (χ1v) is 7.85. The first-order chi connectivity index (χ1) is 9.61. The molecule has 1 aromatic rings. The van der Waals surface area contributed by atoms with Gasteiger partial charge in [0.15, 0.2) is 0 Å². The monoisotopic (exact) mass is 276 g/mol. The van der Waals surface area contributed by atoms with Crippen LogP contribution in [-0.4, -0.2) is 24.2 Å². The minimum atomic E-state index is -0.0852. The molecule has 1 heterocycles. The second-order valence-electron chi connectivity index (χ2n) is 6.15. The zero-order valence-corrected chi connectivity index (χ0v) is 13.3. The number of aromatic nitrogens is 1. The first kappa shape index (κ1) is 15.5. The van der Waals surface area contributed by atoms with Crippen molar-refractivity contribution in [1.82, 2.24) is 10.3 Å². The predicted molar refractivity (Wildman–Crippen MR) is 82.8 cm³/mol. The molecule has 20 heavy (non-hydrogen) atoms. The quantitative estimate of drug-likeness (QED) is 0.891. The van der Waals surface area contributed by atoms with Gasteiger partial charge in [-0.15, -0.1) is 0 Å². The summed E-state index contributed by atoms with van der Waals surface area (Å²) < 4.78 is 6.29. The van der Waals surface area contributed by atoms with Gasteiger partial charge in [-0.3, -0.25) is 4.98 Å². The largest absolute Gasteiger partial charge is 0.373 e. The standard InChI is InChI=1S/C17H28N2O/c1-5-20-17(10-6-7-13(2)11-17)16(18-4)15-9-8-14(3)19-12-15/h8-9,12-13,16,18H,5-7,10-11H2,1-4H3. The van der Waals surface area contributed by atoms with Gasteiger partial charge >= 0.3 is 0 Å². The Morgan fingerprint density at radius 1 is 1.50 bits per heavy atom. The van der Waals surface area contributed by atoms with Crippen LogP contribution in [0.25, 0.3) is 0 Å². The normalized spacial score (nSPS) is 28.3. The highest BCUT2D eigenvalue weighted by atomic mass is 16.5. The van der Waals surface area contributed by atoms with Gasteiger partial charge in [-0.25, -0.2) is 0 Å². The van der Waals surface area contributed by atoms with Gasteiger partial charge in [-0.2, -0.15) is 0 Å². The topological polar surface area (TPSA) is 34.1 Å². The van der Waals surface area contributed by atoms with Crippen LogP contribution in [0.3, 0.4) is 0 Å². The van der Waals surface area contributed by atoms with Crippen molar-refractivity contribution in [3.8, 4) is 0 Å². The molecule has 2 rings (SSSR count). The third kappa shape index (κ3) is 3.21. The van der Waals surface area contributed by atoms with E-state index in [0.29, 0.717) is 0 Å². The van der Waals surface area contributed by atoms with Crippen molar-refractivity contribution in [2.75, 3.05) is 13.7 Å². The van der Waals surface area contributed by atoms with Crippen LogP contribution >= 0.6 is 0 Å². The third-order valence-corrected chi connectivity index (χ3v) is 4.51. The number of aryl methyl sites for hydroxylation is 1. The fourth-order valence-corrected chi connectivity index (χ4v) is 3.69. The van der Waals surface area contributed by atoms with Crippen molar-refractivity contribution >= 4 is 0 Å². The number of likely N-dealkylation sites (N-methyl/N-ethyl adjacent to an activating group) is 1. The van der Waals surface area contributed by atoms with Gasteiger partial charge in [0.25, 0.3) is 0 Å². The number of ether oxygens (including phenoxy) is 1. The van der Waals surface area contributed by atoms with E-state index >= 15 is 0 Å². The molecule has 1 aliphatic carbocycles. The van der Waals surface area contributed by atoms with Gasteiger partial charge < -0.3 is 10.1 Å². The summed E-state index contributed by atoms with van der Waals surface area (Å²) in [5, 5.41) is 3.49. The maximum absolute atomic E-state index is 6.29. The molecule has 1 N–H and O–H groups in total. The summed E-state index contributed by atoms with van der Waals surface area (Å²) >= 11 is 0. The van der Waals surface area contributed by atoms with Gasteiger partial charge in [-0.05, 0) is 51.3 Å². The fraction of sp³-hybridized carbons (Fsp3) is 0.706. The smallest absolute Gasteiger partial charge is 0.0879 e. The van der Waals surface area contributed by atoms with Crippen molar-refractivity contribution in [3.05, 3.63) is 29.6 Å². The van der Waals surface area contributed by atoms with E-state index in [1.54, 1.807) is 0 Å². The lowest BCUT2D eigenvalue weighted by Crippen LogP contribution is -2.48. The maximum Gasteiger partial charge on any atom is 0.0879 e. The SMILES string of the molecule is CCOC1(C(NC)c2ccc(C)nc2)CCCC(C)C1. The van der Waals surface area contributed by atoms with Crippen molar-refractivity contribution in [2.45, 2.75) is 58.1 Å². The minimum Gasteiger partial charge on any atom is -0.373 e. The fourth-order valence-electron chi connectivity index (χ4n) is 3.69. The molecule has 3 unspecified atom stereocenters. The highest BCUT2D eigenvalue weighted by molar-refractivity contribution is 5.21. The van der Waals surface area contributed by atoms with Crippen LogP contribution in [0.2, 0.25) is 0 Å². The molecule has 0 radical (unpaired) electrons. The molecular formula is C17H28N2O. The Labute approximate surface area is 123 Å². The van der Waals surface area contributed by atoms with Crippen LogP contribution in [0.1, 0.15) is 56.8 Å². The molecule has 3 heteroatoms. The Kier molecular flexibility index (Phi) is 5.17. The highest BCUT2D eigenvalue weighted by Gasteiger charge is 2.42. The van der Waals surface area contributed by atoms with E-state index in [9.17, 15) is 0 Å². The minimum absolute atomic E-state index is 0.0852. The molecule has 1 saturated carbocycles. The summed E-state index contributed by atoms with van der Waals surface area (Å²) in [6, 6.07) is 4.49. The first-order valence-electron chi connectivity index (χ1n) is 7.85. The molecule has 3 nitrogen and oxygen atoms in total. The summed E-state index contributed by atoms with van der Waals surface area (Å²) in [6.07, 6.45) is 6.82. The van der Waals surface area contributed by atoms with Crippen LogP contribution in [0.5, 0.6) is 0 Å². The number of hydrogen-bond donors (Lipinski definition) is 1. The zero-order chi connectivity index (χ0) is 14.6. The zero-order valence-electron chi connectivity index (χ0n) is 13.3. The molecule has 1 aliphatic rings. The van der Waals surface area contributed by atoms with E-state index in [2.05, 4.69) is 36.3 Å². The van der Waals surface area contributed by atoms with Gasteiger partial charge in [0.2, 0.25) is 0 Å². The van der Waals surface area contributed by atoms with Gasteiger partial charge in [0, 0.05) is 18.5 Å². The van der Waals surface area contributed by atoms with Crippen LogP contribution < -0.4 is 5.32 Å². The van der Waals surface area contributed by atoms with E-state index in [1.807, 2.05) is 20.2 Å². The molecule has 3 atom stereocenters. The lowest BCUT2D eigenvalue weighted by molar-refractivity contribution is -0.100. The Morgan fingerprint density at radius 3 is 2.85 bits per heavy atom. The number of rotatable bonds is 5. The molecule has 0 aromatic carbocycles. The molecule has 1 fully saturated rings. The number of pyridine rings is 1. The molecule has 0 amide bonds. The Balaban J connectivity index is 2.31. The van der Waals surface area contributed by atoms with Crippen LogP contribution in [-0.2, 0) is 4.74 Å². The maximum atomic E-state index is 6.29. The van der Waals surface area contributed by atoms with Gasteiger partial charge in [-0.1, -0.05) is 25.8 Å². The summed E-state index contributed by atoms with van der Waals surface area (Å²) in [7, 11) is 2.03. The number of nitrogens with zero attached hydrogens (tertiary/aromatic N) is 1. The molecule has 0 bridgehead atoms. The Hall–Kier alpha value is -0.930. The summed E-state index contributed by atoms with van der Waals surface area (Å²) in [6.45, 7) is 7.23. The van der Waals surface area contributed by atoms with E-state index in [1.165, 1.54) is 18.4 Å². The molecular weight excluding hydrogens is 248 g/mol. The van der Waals surface area contributed by atoms with Crippen LogP contribution in [0, 0.1) is 12.8 Å². The summed E-state index contributed by atoms with van der Waals surface area (Å²) in [5.41, 5.74) is 2.21. The van der Waals surface area contributed by atoms with Crippen molar-refractivity contribution < 1.29 is 4.74 Å². The molecule has 0 saturated heterocycles. The third-order valence-electron chi connectivity index (χ3n) is 4.51. The average molecular weight is 276 g/mol. The predicted octanol–water partition coefficient (Wildman–Crippen LogP) is 3.64. The van der Waals surface area contributed by atoms with Gasteiger partial charge in [0.1, 0.15) is 0 Å². The molecule has 0 spiro atoms. The van der Waals surface area contributed by atoms with Gasteiger partial charge in [0.05, 0.1) is 11.6 Å². The van der Waals surface area contributed by atoms with E-state index in [4.69, 9.17) is 4.74 Å². The second kappa shape index (κ2) is 6.68. The van der Waals surface area contributed by atoms with E-state index in [0.717, 1.165) is 31.1 Å². The van der Waals surface area contributed by atoms with E-state index in [-0.39, 0.29) is 11.6 Å². The van der Waals surface area contributed by atoms with Crippen molar-refractivity contribution in [3.63, 3.8) is 0 Å². The lowest BCUT2D eigenvalue weighted by atomic mass is 9.73. The average Bonchev–Trinajstić information content (AvgIpc) is 2.42. The Bertz CT molecular complexity index is 414. The molecule has 0 aliphatic heterocycles. The number of hydrogen-bond acceptors (Lipinski definition) is 3. The molecule has 112 valence electrons. The van der Waals surface area contributed by atoms with Crippen LogP contribution in [0.4, 0.5) is 0 Å². The van der Waals surface area contributed by atoms with Crippen molar-refractivity contribution in [1.29, 1.82) is 0 Å². The lowest BCUT2D eigenvalue weighted by Gasteiger charge is -2.45.